The normalized spacial score (nSPS) is 14.2. The standard InChI is InChI=1S/C24H17N2.C20H15N2.C12H10N/c1-3-11-19-17(8-1)10-7-15-21(19)26-23-14-6-5-13-22(23)25-16-18-9-2-4-12-20(18)24(25)26;1-3-9-17-15(6-1)8-5-11-19(17)22-13-12-21-14-16-7-2-4-10-18(16)20(21)22;1-2-6-11-10(5-1)9-13-8-4-3-7-12(11)13/h1-15H,16H2;1-13H,14H2;1-8H,9H2/q3*+1/i;;1D,2D,3D,4D,5D,6D,7D,8D. The van der Waals surface area contributed by atoms with Crippen LogP contribution in [0.4, 0.5) is 0 Å². The third kappa shape index (κ3) is 5.81. The average molecular weight is 793 g/mol. The van der Waals surface area contributed by atoms with Crippen LogP contribution in [0.3, 0.4) is 0 Å². The molecule has 0 aliphatic carbocycles. The van der Waals surface area contributed by atoms with Crippen LogP contribution < -0.4 is 13.7 Å². The maximum atomic E-state index is 7.98. The van der Waals surface area contributed by atoms with Crippen molar-refractivity contribution in [3.63, 3.8) is 0 Å². The molecule has 0 bridgehead atoms. The van der Waals surface area contributed by atoms with Crippen molar-refractivity contribution in [1.29, 1.82) is 0 Å². The number of rotatable bonds is 2. The molecule has 0 N–H and O–H groups in total. The molecule has 3 aromatic heterocycles. The molecule has 0 saturated carbocycles. The monoisotopic (exact) mass is 792 g/mol. The third-order valence-corrected chi connectivity index (χ3v) is 12.0. The Balaban J connectivity index is 0.000000108. The van der Waals surface area contributed by atoms with Gasteiger partial charge in [-0.2, -0.15) is 13.7 Å². The first-order valence-corrected chi connectivity index (χ1v) is 20.5. The van der Waals surface area contributed by atoms with E-state index < -0.39 is 12.1 Å². The van der Waals surface area contributed by atoms with Gasteiger partial charge in [0.2, 0.25) is 5.69 Å². The van der Waals surface area contributed by atoms with Crippen molar-refractivity contribution in [3.8, 4) is 45.4 Å². The lowest BCUT2D eigenvalue weighted by atomic mass is 10.1. The Morgan fingerprint density at radius 1 is 0.459 bits per heavy atom. The number of hydrogen-bond acceptors (Lipinski definition) is 0. The predicted molar refractivity (Wildman–Crippen MR) is 245 cm³/mol. The number of aromatic nitrogens is 5. The van der Waals surface area contributed by atoms with Crippen LogP contribution >= 0.6 is 0 Å². The molecule has 5 nitrogen and oxygen atoms in total. The van der Waals surface area contributed by atoms with E-state index in [0.29, 0.717) is 5.56 Å². The van der Waals surface area contributed by atoms with Crippen LogP contribution in [0.5, 0.6) is 0 Å². The lowest BCUT2D eigenvalue weighted by Crippen LogP contribution is -2.31. The summed E-state index contributed by atoms with van der Waals surface area (Å²) in [5, 5.41) is 5.11. The van der Waals surface area contributed by atoms with E-state index in [1.165, 1.54) is 82.4 Å². The Bertz CT molecular complexity index is 3870. The van der Waals surface area contributed by atoms with Crippen LogP contribution in [0, 0.1) is 0 Å². The van der Waals surface area contributed by atoms with Gasteiger partial charge in [-0.05, 0) is 59.3 Å². The van der Waals surface area contributed by atoms with Gasteiger partial charge >= 0.3 is 0 Å². The molecule has 0 radical (unpaired) electrons. The van der Waals surface area contributed by atoms with Gasteiger partial charge in [0.1, 0.15) is 38.2 Å². The molecule has 11 aromatic rings. The quantitative estimate of drug-likeness (QED) is 0.156. The molecule has 61 heavy (non-hydrogen) atoms. The Morgan fingerprint density at radius 3 is 1.89 bits per heavy atom. The number of nitrogens with zero attached hydrogens (tertiary/aromatic N) is 5. The van der Waals surface area contributed by atoms with Crippen LogP contribution in [0.25, 0.3) is 78.0 Å². The smallest absolute Gasteiger partial charge is 0.225 e. The van der Waals surface area contributed by atoms with Crippen molar-refractivity contribution < 1.29 is 24.7 Å². The van der Waals surface area contributed by atoms with Crippen molar-refractivity contribution in [1.82, 2.24) is 9.13 Å². The fraction of sp³-hybridized carbons (Fsp3) is 0.0536. The van der Waals surface area contributed by atoms with E-state index >= 15 is 0 Å². The molecule has 0 spiro atoms. The highest BCUT2D eigenvalue weighted by Crippen LogP contribution is 2.36. The summed E-state index contributed by atoms with van der Waals surface area (Å²) < 4.78 is 73.4. The van der Waals surface area contributed by atoms with E-state index in [1.807, 2.05) is 0 Å². The number of imidazole rings is 2. The molecule has 0 unspecified atom stereocenters. The molecule has 288 valence electrons. The van der Waals surface area contributed by atoms with Crippen molar-refractivity contribution in [3.05, 3.63) is 235 Å². The van der Waals surface area contributed by atoms with Gasteiger partial charge in [-0.1, -0.05) is 139 Å². The number of fused-ring (bicyclic) bond motifs is 13. The number of hydrogen-bond donors (Lipinski definition) is 0. The zero-order valence-electron chi connectivity index (χ0n) is 41.0. The molecule has 14 rings (SSSR count). The highest BCUT2D eigenvalue weighted by Gasteiger charge is 2.35. The van der Waals surface area contributed by atoms with Crippen molar-refractivity contribution in [2.75, 3.05) is 0 Å². The molecule has 3 aliphatic rings. The third-order valence-electron chi connectivity index (χ3n) is 12.0. The Hall–Kier alpha value is -7.89. The second kappa shape index (κ2) is 14.4. The fourth-order valence-electron chi connectivity index (χ4n) is 9.30. The highest BCUT2D eigenvalue weighted by molar-refractivity contribution is 5.94. The van der Waals surface area contributed by atoms with Gasteiger partial charge in [0.15, 0.2) is 23.8 Å². The summed E-state index contributed by atoms with van der Waals surface area (Å²) in [6.45, 7) is 1.91. The van der Waals surface area contributed by atoms with Gasteiger partial charge in [-0.15, -0.1) is 0 Å². The summed E-state index contributed by atoms with van der Waals surface area (Å²) >= 11 is 0. The minimum atomic E-state index is -0.411. The largest absolute Gasteiger partial charge is 0.295 e. The summed E-state index contributed by atoms with van der Waals surface area (Å²) in [4.78, 5) is 0. The van der Waals surface area contributed by atoms with Gasteiger partial charge in [0.25, 0.3) is 11.6 Å². The Morgan fingerprint density at radius 2 is 1.07 bits per heavy atom. The maximum Gasteiger partial charge on any atom is 0.295 e. The van der Waals surface area contributed by atoms with E-state index in [-0.39, 0.29) is 54.2 Å². The summed E-state index contributed by atoms with van der Waals surface area (Å²) in [5.74, 6) is 2.55. The zero-order chi connectivity index (χ0) is 47.2. The number of para-hydroxylation sites is 2. The van der Waals surface area contributed by atoms with Gasteiger partial charge in [-0.3, -0.25) is 0 Å². The molecule has 0 fully saturated rings. The SMILES string of the molecule is [2H]c1c([2H])c([2H])c2c(c1[2H])C[n+]1c([2H])c([2H])c([2H])c([2H])c1-2.c1ccc2c(c1)C[n+]1c-2n(-c2cccc3ccccc23)c2ccccc21.c1ccc2c(c1)C[n+]1ccn(-c3cccc4ccccc34)c1-2. The number of pyridine rings is 1. The van der Waals surface area contributed by atoms with Gasteiger partial charge < -0.3 is 0 Å². The second-order valence-corrected chi connectivity index (χ2v) is 15.4. The van der Waals surface area contributed by atoms with Crippen LogP contribution in [-0.4, -0.2) is 9.13 Å². The molecular weight excluding hydrogens is 743 g/mol. The van der Waals surface area contributed by atoms with Gasteiger partial charge in [0.05, 0.1) is 26.3 Å². The number of benzene rings is 8. The Kier molecular flexibility index (Phi) is 6.56. The summed E-state index contributed by atoms with van der Waals surface area (Å²) in [5.41, 5.74) is 11.0. The predicted octanol–water partition coefficient (Wildman–Crippen LogP) is 11.0. The molecule has 0 atom stereocenters. The van der Waals surface area contributed by atoms with E-state index in [4.69, 9.17) is 11.0 Å². The molecular formula is C56H42N5+3. The lowest BCUT2D eigenvalue weighted by Gasteiger charge is -2.06. The van der Waals surface area contributed by atoms with Crippen LogP contribution in [0.15, 0.2) is 219 Å². The highest BCUT2D eigenvalue weighted by atomic mass is 15.2. The van der Waals surface area contributed by atoms with E-state index in [9.17, 15) is 0 Å². The first-order chi connectivity index (χ1) is 33.6. The first-order valence-electron chi connectivity index (χ1n) is 24.5. The van der Waals surface area contributed by atoms with E-state index in [0.717, 1.165) is 13.1 Å². The minimum Gasteiger partial charge on any atom is -0.225 e. The first kappa shape index (κ1) is 27.7. The summed E-state index contributed by atoms with van der Waals surface area (Å²) in [7, 11) is 0. The van der Waals surface area contributed by atoms with Gasteiger partial charge in [-0.25, -0.2) is 9.13 Å². The Labute approximate surface area is 365 Å². The molecule has 0 saturated heterocycles. The average Bonchev–Trinajstić information content (AvgIpc) is 4.22. The second-order valence-electron chi connectivity index (χ2n) is 15.4. The zero-order valence-corrected chi connectivity index (χ0v) is 33.0. The topological polar surface area (TPSA) is 21.5 Å². The molecule has 0 amide bonds. The lowest BCUT2D eigenvalue weighted by molar-refractivity contribution is -0.672. The molecule has 8 aromatic carbocycles. The minimum absolute atomic E-state index is 0.0123. The van der Waals surface area contributed by atoms with Crippen molar-refractivity contribution in [2.24, 2.45) is 0 Å². The summed E-state index contributed by atoms with van der Waals surface area (Å²) in [6.07, 6.45) is 4.09. The maximum absolute atomic E-state index is 7.98. The fourth-order valence-corrected chi connectivity index (χ4v) is 9.30. The van der Waals surface area contributed by atoms with Crippen LogP contribution in [0.1, 0.15) is 27.7 Å². The molecule has 3 aliphatic heterocycles. The van der Waals surface area contributed by atoms with E-state index in [2.05, 4.69) is 188 Å². The molecule has 5 heteroatoms. The van der Waals surface area contributed by atoms with Crippen LogP contribution in [-0.2, 0) is 19.6 Å². The van der Waals surface area contributed by atoms with Crippen molar-refractivity contribution >= 4 is 32.6 Å². The molecule has 6 heterocycles. The van der Waals surface area contributed by atoms with Crippen LogP contribution in [0.2, 0.25) is 0 Å². The summed E-state index contributed by atoms with van der Waals surface area (Å²) in [6, 6.07) is 54.1. The van der Waals surface area contributed by atoms with Gasteiger partial charge in [0, 0.05) is 39.5 Å². The van der Waals surface area contributed by atoms with E-state index in [1.54, 1.807) is 0 Å². The van der Waals surface area contributed by atoms with Crippen molar-refractivity contribution in [2.45, 2.75) is 19.6 Å².